The molecule has 1 spiro atoms. The molecular formula is C17H26N2O2. The highest BCUT2D eigenvalue weighted by atomic mass is 16.6. The van der Waals surface area contributed by atoms with Crippen molar-refractivity contribution in [3.8, 4) is 0 Å². The third-order valence-electron chi connectivity index (χ3n) is 4.88. The standard InChI is InChI=1S/C17H26N2O2/c1-3-18-16(15-5-4-8-19-13(15)2)14-6-9-21-17(11-14)7-10-20-12-17/h4-5,8,14,16,18H,3,6-7,9-12H2,1-2H3. The van der Waals surface area contributed by atoms with Crippen molar-refractivity contribution >= 4 is 0 Å². The van der Waals surface area contributed by atoms with Crippen LogP contribution in [0.15, 0.2) is 18.3 Å². The minimum absolute atomic E-state index is 0.0350. The Balaban J connectivity index is 1.82. The lowest BCUT2D eigenvalue weighted by Crippen LogP contribution is -2.44. The maximum absolute atomic E-state index is 6.08. The van der Waals surface area contributed by atoms with E-state index in [1.165, 1.54) is 5.56 Å². The van der Waals surface area contributed by atoms with Crippen LogP contribution < -0.4 is 5.32 Å². The number of nitrogens with one attached hydrogen (secondary N) is 1. The van der Waals surface area contributed by atoms with E-state index in [4.69, 9.17) is 9.47 Å². The lowest BCUT2D eigenvalue weighted by molar-refractivity contribution is -0.103. The Bertz CT molecular complexity index is 472. The van der Waals surface area contributed by atoms with Gasteiger partial charge in [0.15, 0.2) is 0 Å². The van der Waals surface area contributed by atoms with Crippen LogP contribution in [0, 0.1) is 12.8 Å². The van der Waals surface area contributed by atoms with Crippen LogP contribution in [0.1, 0.15) is 43.5 Å². The molecule has 1 aromatic heterocycles. The average molecular weight is 290 g/mol. The molecule has 3 atom stereocenters. The molecule has 3 rings (SSSR count). The summed E-state index contributed by atoms with van der Waals surface area (Å²) in [6, 6.07) is 4.62. The van der Waals surface area contributed by atoms with Gasteiger partial charge in [-0.25, -0.2) is 0 Å². The molecule has 1 aromatic rings. The summed E-state index contributed by atoms with van der Waals surface area (Å²) >= 11 is 0. The van der Waals surface area contributed by atoms with Crippen LogP contribution in [0.3, 0.4) is 0 Å². The number of hydrogen-bond donors (Lipinski definition) is 1. The third-order valence-corrected chi connectivity index (χ3v) is 4.88. The summed E-state index contributed by atoms with van der Waals surface area (Å²) in [5.41, 5.74) is 2.43. The molecule has 116 valence electrons. The molecule has 2 fully saturated rings. The molecule has 4 heteroatoms. The first-order valence-electron chi connectivity index (χ1n) is 8.11. The van der Waals surface area contributed by atoms with Crippen molar-refractivity contribution in [2.75, 3.05) is 26.4 Å². The monoisotopic (exact) mass is 290 g/mol. The SMILES string of the molecule is CCNC(c1cccnc1C)C1CCOC2(CCOC2)C1. The zero-order valence-electron chi connectivity index (χ0n) is 13.1. The van der Waals surface area contributed by atoms with Gasteiger partial charge in [-0.15, -0.1) is 0 Å². The molecule has 1 N–H and O–H groups in total. The van der Waals surface area contributed by atoms with E-state index in [1.54, 1.807) is 0 Å². The average Bonchev–Trinajstić information content (AvgIpc) is 2.93. The van der Waals surface area contributed by atoms with Crippen molar-refractivity contribution in [3.05, 3.63) is 29.6 Å². The van der Waals surface area contributed by atoms with Gasteiger partial charge in [-0.05, 0) is 43.9 Å². The lowest BCUT2D eigenvalue weighted by atomic mass is 9.78. The molecule has 2 saturated heterocycles. The van der Waals surface area contributed by atoms with Crippen LogP contribution in [-0.2, 0) is 9.47 Å². The summed E-state index contributed by atoms with van der Waals surface area (Å²) in [6.07, 6.45) is 5.10. The van der Waals surface area contributed by atoms with Crippen LogP contribution >= 0.6 is 0 Å². The Labute approximate surface area is 127 Å². The number of hydrogen-bond acceptors (Lipinski definition) is 4. The quantitative estimate of drug-likeness (QED) is 0.926. The van der Waals surface area contributed by atoms with Crippen molar-refractivity contribution in [2.45, 2.75) is 44.8 Å². The lowest BCUT2D eigenvalue weighted by Gasteiger charge is -2.41. The second-order valence-electron chi connectivity index (χ2n) is 6.30. The molecule has 2 aliphatic rings. The van der Waals surface area contributed by atoms with Crippen molar-refractivity contribution in [1.29, 1.82) is 0 Å². The first-order chi connectivity index (χ1) is 10.2. The third kappa shape index (κ3) is 3.12. The van der Waals surface area contributed by atoms with Crippen LogP contribution in [0.25, 0.3) is 0 Å². The van der Waals surface area contributed by atoms with E-state index < -0.39 is 0 Å². The topological polar surface area (TPSA) is 43.4 Å². The number of pyridine rings is 1. The van der Waals surface area contributed by atoms with Crippen molar-refractivity contribution in [2.24, 2.45) is 5.92 Å². The van der Waals surface area contributed by atoms with E-state index in [-0.39, 0.29) is 5.60 Å². The zero-order chi connectivity index (χ0) is 14.7. The number of rotatable bonds is 4. The summed E-state index contributed by atoms with van der Waals surface area (Å²) < 4.78 is 11.7. The molecule has 4 nitrogen and oxygen atoms in total. The fraction of sp³-hybridized carbons (Fsp3) is 0.706. The minimum Gasteiger partial charge on any atom is -0.378 e. The van der Waals surface area contributed by atoms with Gasteiger partial charge in [-0.3, -0.25) is 4.98 Å². The van der Waals surface area contributed by atoms with Crippen LogP contribution in [0.5, 0.6) is 0 Å². The van der Waals surface area contributed by atoms with Crippen molar-refractivity contribution < 1.29 is 9.47 Å². The Morgan fingerprint density at radius 3 is 3.10 bits per heavy atom. The van der Waals surface area contributed by atoms with E-state index in [0.29, 0.717) is 12.0 Å². The Morgan fingerprint density at radius 2 is 2.38 bits per heavy atom. The summed E-state index contributed by atoms with van der Waals surface area (Å²) in [5.74, 6) is 0.586. The normalized spacial score (nSPS) is 30.7. The van der Waals surface area contributed by atoms with E-state index in [9.17, 15) is 0 Å². The van der Waals surface area contributed by atoms with E-state index in [0.717, 1.165) is 51.3 Å². The molecule has 3 heterocycles. The highest BCUT2D eigenvalue weighted by Crippen LogP contribution is 2.41. The zero-order valence-corrected chi connectivity index (χ0v) is 13.1. The van der Waals surface area contributed by atoms with Gasteiger partial charge in [-0.2, -0.15) is 0 Å². The first-order valence-corrected chi connectivity index (χ1v) is 8.11. The van der Waals surface area contributed by atoms with Gasteiger partial charge in [0.05, 0.1) is 12.2 Å². The summed E-state index contributed by atoms with van der Waals surface area (Å²) in [6.45, 7) is 7.69. The van der Waals surface area contributed by atoms with Crippen LogP contribution in [0.2, 0.25) is 0 Å². The smallest absolute Gasteiger partial charge is 0.0940 e. The molecule has 3 unspecified atom stereocenters. The predicted octanol–water partition coefficient (Wildman–Crippen LogP) is 2.63. The summed E-state index contributed by atoms with van der Waals surface area (Å²) in [7, 11) is 0. The first kappa shape index (κ1) is 14.9. The van der Waals surface area contributed by atoms with Crippen molar-refractivity contribution in [1.82, 2.24) is 10.3 Å². The molecule has 2 aliphatic heterocycles. The molecule has 0 aromatic carbocycles. The van der Waals surface area contributed by atoms with Gasteiger partial charge in [0.1, 0.15) is 0 Å². The van der Waals surface area contributed by atoms with Gasteiger partial charge in [-0.1, -0.05) is 13.0 Å². The van der Waals surface area contributed by atoms with Gasteiger partial charge >= 0.3 is 0 Å². The highest BCUT2D eigenvalue weighted by molar-refractivity contribution is 5.23. The van der Waals surface area contributed by atoms with E-state index in [1.807, 2.05) is 12.3 Å². The fourth-order valence-electron chi connectivity index (χ4n) is 3.79. The molecule has 0 bridgehead atoms. The van der Waals surface area contributed by atoms with E-state index in [2.05, 4.69) is 30.2 Å². The van der Waals surface area contributed by atoms with Crippen molar-refractivity contribution in [3.63, 3.8) is 0 Å². The Kier molecular flexibility index (Phi) is 4.57. The fourth-order valence-corrected chi connectivity index (χ4v) is 3.79. The van der Waals surface area contributed by atoms with Gasteiger partial charge < -0.3 is 14.8 Å². The largest absolute Gasteiger partial charge is 0.378 e. The van der Waals surface area contributed by atoms with Gasteiger partial charge in [0.25, 0.3) is 0 Å². The second kappa shape index (κ2) is 6.42. The highest BCUT2D eigenvalue weighted by Gasteiger charge is 2.43. The molecule has 0 radical (unpaired) electrons. The summed E-state index contributed by atoms with van der Waals surface area (Å²) in [5, 5.41) is 3.68. The summed E-state index contributed by atoms with van der Waals surface area (Å²) in [4.78, 5) is 4.47. The van der Waals surface area contributed by atoms with Crippen LogP contribution in [-0.4, -0.2) is 37.0 Å². The maximum atomic E-state index is 6.08. The number of aromatic nitrogens is 1. The Morgan fingerprint density at radius 1 is 1.48 bits per heavy atom. The minimum atomic E-state index is -0.0350. The van der Waals surface area contributed by atoms with Crippen LogP contribution in [0.4, 0.5) is 0 Å². The molecular weight excluding hydrogens is 264 g/mol. The molecule has 0 saturated carbocycles. The van der Waals surface area contributed by atoms with Gasteiger partial charge in [0.2, 0.25) is 0 Å². The predicted molar refractivity (Wildman–Crippen MR) is 82.2 cm³/mol. The number of ether oxygens (including phenoxy) is 2. The molecule has 0 amide bonds. The number of aryl methyl sites for hydroxylation is 1. The van der Waals surface area contributed by atoms with Gasteiger partial charge in [0, 0.05) is 37.6 Å². The maximum Gasteiger partial charge on any atom is 0.0940 e. The second-order valence-corrected chi connectivity index (χ2v) is 6.30. The molecule has 0 aliphatic carbocycles. The number of nitrogens with zero attached hydrogens (tertiary/aromatic N) is 1. The van der Waals surface area contributed by atoms with E-state index >= 15 is 0 Å². The molecule has 21 heavy (non-hydrogen) atoms. The Hall–Kier alpha value is -0.970.